The first-order valence-electron chi connectivity index (χ1n) is 8.12. The van der Waals surface area contributed by atoms with E-state index in [0.29, 0.717) is 32.4 Å². The van der Waals surface area contributed by atoms with E-state index in [1.807, 2.05) is 30.3 Å². The lowest BCUT2D eigenvalue weighted by atomic mass is 9.75. The first kappa shape index (κ1) is 17.9. The number of nitrogens with zero attached hydrogens (tertiary/aromatic N) is 1. The third-order valence-corrected chi connectivity index (χ3v) is 6.22. The van der Waals surface area contributed by atoms with Crippen molar-refractivity contribution in [3.8, 4) is 0 Å². The second kappa shape index (κ2) is 7.45. The molecule has 1 heterocycles. The maximum Gasteiger partial charge on any atom is 0.313 e. The van der Waals surface area contributed by atoms with E-state index in [0.717, 1.165) is 5.56 Å². The number of esters is 1. The third-order valence-electron chi connectivity index (χ3n) is 4.39. The molecule has 0 amide bonds. The SMILES string of the molecule is CCOC(=O)[C@@]1(Cc2ccccc2)CCCN(S(=O)(=O)CC)C1. The minimum Gasteiger partial charge on any atom is -0.466 e. The second-order valence-corrected chi connectivity index (χ2v) is 8.26. The zero-order valence-corrected chi connectivity index (χ0v) is 14.6. The Kier molecular flexibility index (Phi) is 5.81. The summed E-state index contributed by atoms with van der Waals surface area (Å²) in [6, 6.07) is 9.72. The second-order valence-electron chi connectivity index (χ2n) is 6.00. The highest BCUT2D eigenvalue weighted by molar-refractivity contribution is 7.89. The minimum atomic E-state index is -3.31. The Morgan fingerprint density at radius 3 is 2.57 bits per heavy atom. The van der Waals surface area contributed by atoms with Crippen molar-refractivity contribution in [3.05, 3.63) is 35.9 Å². The maximum absolute atomic E-state index is 12.6. The van der Waals surface area contributed by atoms with Gasteiger partial charge in [0.1, 0.15) is 0 Å². The molecule has 1 aliphatic rings. The van der Waals surface area contributed by atoms with Crippen molar-refractivity contribution in [2.24, 2.45) is 5.41 Å². The van der Waals surface area contributed by atoms with Crippen LogP contribution in [0.5, 0.6) is 0 Å². The molecule has 2 rings (SSSR count). The van der Waals surface area contributed by atoms with E-state index in [9.17, 15) is 13.2 Å². The zero-order valence-electron chi connectivity index (χ0n) is 13.8. The Morgan fingerprint density at radius 1 is 1.26 bits per heavy atom. The summed E-state index contributed by atoms with van der Waals surface area (Å²) in [5, 5.41) is 0. The molecule has 0 N–H and O–H groups in total. The summed E-state index contributed by atoms with van der Waals surface area (Å²) in [7, 11) is -3.31. The zero-order chi connectivity index (χ0) is 16.9. The number of ether oxygens (including phenoxy) is 1. The van der Waals surface area contributed by atoms with Crippen LogP contribution in [0.2, 0.25) is 0 Å². The van der Waals surface area contributed by atoms with E-state index in [4.69, 9.17) is 4.74 Å². The molecule has 0 aliphatic carbocycles. The number of carbonyl (C=O) groups is 1. The monoisotopic (exact) mass is 339 g/mol. The van der Waals surface area contributed by atoms with Gasteiger partial charge in [-0.25, -0.2) is 12.7 Å². The summed E-state index contributed by atoms with van der Waals surface area (Å²) in [5.74, 6) is -0.239. The molecule has 23 heavy (non-hydrogen) atoms. The molecule has 1 aromatic rings. The number of hydrogen-bond acceptors (Lipinski definition) is 4. The fraction of sp³-hybridized carbons (Fsp3) is 0.588. The van der Waals surface area contributed by atoms with Crippen LogP contribution in [0.1, 0.15) is 32.3 Å². The van der Waals surface area contributed by atoms with Gasteiger partial charge >= 0.3 is 5.97 Å². The number of carbonyl (C=O) groups excluding carboxylic acids is 1. The van der Waals surface area contributed by atoms with Crippen molar-refractivity contribution in [1.29, 1.82) is 0 Å². The van der Waals surface area contributed by atoms with E-state index in [1.54, 1.807) is 13.8 Å². The molecular weight excluding hydrogens is 314 g/mol. The Bertz CT molecular complexity index is 629. The Hall–Kier alpha value is -1.40. The van der Waals surface area contributed by atoms with E-state index in [1.165, 1.54) is 4.31 Å². The van der Waals surface area contributed by atoms with Crippen molar-refractivity contribution in [2.45, 2.75) is 33.1 Å². The summed E-state index contributed by atoms with van der Waals surface area (Å²) >= 11 is 0. The highest BCUT2D eigenvalue weighted by Crippen LogP contribution is 2.36. The lowest BCUT2D eigenvalue weighted by molar-refractivity contribution is -0.157. The summed E-state index contributed by atoms with van der Waals surface area (Å²) in [6.45, 7) is 4.39. The Labute approximate surface area is 138 Å². The van der Waals surface area contributed by atoms with Gasteiger partial charge in [0.2, 0.25) is 10.0 Å². The van der Waals surface area contributed by atoms with E-state index >= 15 is 0 Å². The Morgan fingerprint density at radius 2 is 1.96 bits per heavy atom. The summed E-state index contributed by atoms with van der Waals surface area (Å²) in [6.07, 6.45) is 1.82. The fourth-order valence-corrected chi connectivity index (χ4v) is 4.38. The van der Waals surface area contributed by atoms with Crippen LogP contribution in [-0.4, -0.2) is 44.1 Å². The molecule has 1 saturated heterocycles. The smallest absolute Gasteiger partial charge is 0.313 e. The van der Waals surface area contributed by atoms with Gasteiger partial charge in [-0.15, -0.1) is 0 Å². The predicted molar refractivity (Wildman–Crippen MR) is 89.5 cm³/mol. The van der Waals surface area contributed by atoms with Crippen LogP contribution >= 0.6 is 0 Å². The van der Waals surface area contributed by atoms with Crippen molar-refractivity contribution < 1.29 is 17.9 Å². The summed E-state index contributed by atoms with van der Waals surface area (Å²) in [4.78, 5) is 12.6. The van der Waals surface area contributed by atoms with Gasteiger partial charge in [-0.3, -0.25) is 4.79 Å². The van der Waals surface area contributed by atoms with Gasteiger partial charge < -0.3 is 4.74 Å². The van der Waals surface area contributed by atoms with Gasteiger partial charge in [0.05, 0.1) is 17.8 Å². The van der Waals surface area contributed by atoms with Crippen LogP contribution in [0.4, 0.5) is 0 Å². The number of rotatable bonds is 6. The van der Waals surface area contributed by atoms with Crippen molar-refractivity contribution in [1.82, 2.24) is 4.31 Å². The first-order chi connectivity index (χ1) is 10.9. The largest absolute Gasteiger partial charge is 0.466 e. The van der Waals surface area contributed by atoms with Crippen LogP contribution in [0.3, 0.4) is 0 Å². The molecule has 1 atom stereocenters. The molecule has 1 aliphatic heterocycles. The topological polar surface area (TPSA) is 63.7 Å². The summed E-state index contributed by atoms with van der Waals surface area (Å²) in [5.41, 5.74) is 0.231. The van der Waals surface area contributed by atoms with Gasteiger partial charge in [0.25, 0.3) is 0 Å². The minimum absolute atomic E-state index is 0.0528. The number of benzene rings is 1. The average Bonchev–Trinajstić information content (AvgIpc) is 2.56. The molecule has 128 valence electrons. The number of hydrogen-bond donors (Lipinski definition) is 0. The van der Waals surface area contributed by atoms with Crippen molar-refractivity contribution in [2.75, 3.05) is 25.4 Å². The molecule has 0 bridgehead atoms. The van der Waals surface area contributed by atoms with Crippen LogP contribution in [0.25, 0.3) is 0 Å². The predicted octanol–water partition coefficient (Wildman–Crippen LogP) is 2.22. The van der Waals surface area contributed by atoms with Gasteiger partial charge in [-0.2, -0.15) is 0 Å². The average molecular weight is 339 g/mol. The highest BCUT2D eigenvalue weighted by atomic mass is 32.2. The molecular formula is C17H25NO4S. The molecule has 0 aromatic heterocycles. The summed E-state index contributed by atoms with van der Waals surface area (Å²) < 4.78 is 31.2. The molecule has 0 spiro atoms. The molecule has 1 aromatic carbocycles. The van der Waals surface area contributed by atoms with Crippen molar-refractivity contribution >= 4 is 16.0 Å². The van der Waals surface area contributed by atoms with Crippen LogP contribution < -0.4 is 0 Å². The maximum atomic E-state index is 12.6. The normalized spacial score (nSPS) is 22.7. The molecule has 6 heteroatoms. The van der Waals surface area contributed by atoms with Gasteiger partial charge in [0, 0.05) is 13.1 Å². The standard InChI is InChI=1S/C17H25NO4S/c1-3-22-16(19)17(13-15-9-6-5-7-10-15)11-8-12-18(14-17)23(20,21)4-2/h5-7,9-10H,3-4,8,11-14H2,1-2H3/t17-/m1/s1. The molecule has 5 nitrogen and oxygen atoms in total. The van der Waals surface area contributed by atoms with Crippen molar-refractivity contribution in [3.63, 3.8) is 0 Å². The lowest BCUT2D eigenvalue weighted by Crippen LogP contribution is -2.51. The lowest BCUT2D eigenvalue weighted by Gasteiger charge is -2.40. The Balaban J connectivity index is 2.32. The molecule has 1 fully saturated rings. The highest BCUT2D eigenvalue weighted by Gasteiger charge is 2.45. The number of piperidine rings is 1. The number of sulfonamides is 1. The van der Waals surface area contributed by atoms with Crippen LogP contribution in [0, 0.1) is 5.41 Å². The van der Waals surface area contributed by atoms with Crippen LogP contribution in [-0.2, 0) is 26.0 Å². The van der Waals surface area contributed by atoms with Gasteiger partial charge in [-0.05, 0) is 38.7 Å². The van der Waals surface area contributed by atoms with Gasteiger partial charge in [0.15, 0.2) is 0 Å². The molecule has 0 radical (unpaired) electrons. The third kappa shape index (κ3) is 4.12. The van der Waals surface area contributed by atoms with E-state index in [-0.39, 0.29) is 18.3 Å². The van der Waals surface area contributed by atoms with Gasteiger partial charge in [-0.1, -0.05) is 30.3 Å². The van der Waals surface area contributed by atoms with E-state index < -0.39 is 15.4 Å². The fourth-order valence-electron chi connectivity index (χ4n) is 3.16. The quantitative estimate of drug-likeness (QED) is 0.746. The van der Waals surface area contributed by atoms with Crippen LogP contribution in [0.15, 0.2) is 30.3 Å². The first-order valence-corrected chi connectivity index (χ1v) is 9.73. The molecule has 0 saturated carbocycles. The van der Waals surface area contributed by atoms with E-state index in [2.05, 4.69) is 0 Å². The molecule has 0 unspecified atom stereocenters.